The second kappa shape index (κ2) is 9.87. The molecule has 1 aliphatic carbocycles. The molecule has 1 aromatic rings. The molecule has 1 unspecified atom stereocenters. The number of nitrogens with zero attached hydrogens (tertiary/aromatic N) is 4. The molecule has 29 heavy (non-hydrogen) atoms. The van der Waals surface area contributed by atoms with E-state index >= 15 is 0 Å². The number of guanidine groups is 2. The Kier molecular flexibility index (Phi) is 7.49. The van der Waals surface area contributed by atoms with Crippen molar-refractivity contribution in [3.8, 4) is 0 Å². The van der Waals surface area contributed by atoms with Gasteiger partial charge in [0.25, 0.3) is 0 Å². The van der Waals surface area contributed by atoms with E-state index < -0.39 is 0 Å². The molecule has 0 spiro atoms. The number of ether oxygens (including phenoxy) is 1. The predicted molar refractivity (Wildman–Crippen MR) is 121 cm³/mol. The molecule has 0 bridgehead atoms. The topological polar surface area (TPSA) is 78.5 Å². The van der Waals surface area contributed by atoms with E-state index in [4.69, 9.17) is 22.1 Å². The van der Waals surface area contributed by atoms with Gasteiger partial charge in [-0.3, -0.25) is 0 Å². The molecular weight excluding hydrogens is 411 g/mol. The molecule has 0 radical (unpaired) electrons. The second-order valence-corrected chi connectivity index (χ2v) is 8.09. The van der Waals surface area contributed by atoms with Crippen molar-refractivity contribution in [1.82, 2.24) is 9.80 Å². The monoisotopic (exact) mass is 440 g/mol. The highest BCUT2D eigenvalue weighted by molar-refractivity contribution is 6.31. The minimum atomic E-state index is -0.294. The molecule has 1 aromatic carbocycles. The molecule has 0 amide bonds. The van der Waals surface area contributed by atoms with Crippen LogP contribution < -0.4 is 11.1 Å². The molecule has 2 aliphatic heterocycles. The van der Waals surface area contributed by atoms with Gasteiger partial charge >= 0.3 is 0 Å². The van der Waals surface area contributed by atoms with Gasteiger partial charge in [-0.2, -0.15) is 4.99 Å². The highest BCUT2D eigenvalue weighted by Crippen LogP contribution is 2.29. The van der Waals surface area contributed by atoms with Crippen LogP contribution in [0, 0.1) is 6.92 Å². The minimum Gasteiger partial charge on any atom is -0.378 e. The van der Waals surface area contributed by atoms with Crippen molar-refractivity contribution in [3.05, 3.63) is 28.8 Å². The highest BCUT2D eigenvalue weighted by Gasteiger charge is 2.36. The first-order valence-corrected chi connectivity index (χ1v) is 10.6. The Bertz CT molecular complexity index is 759. The van der Waals surface area contributed by atoms with Crippen LogP contribution in [0.4, 0.5) is 5.69 Å². The number of anilines is 1. The van der Waals surface area contributed by atoms with Gasteiger partial charge in [-0.05, 0) is 37.5 Å². The number of hydrogen-bond donors (Lipinski definition) is 2. The van der Waals surface area contributed by atoms with E-state index in [-0.39, 0.29) is 18.7 Å². The molecule has 7 nitrogen and oxygen atoms in total. The number of nitrogens with one attached hydrogen (secondary N) is 1. The van der Waals surface area contributed by atoms with Gasteiger partial charge in [0, 0.05) is 29.8 Å². The fourth-order valence-electron chi connectivity index (χ4n) is 4.14. The van der Waals surface area contributed by atoms with Crippen LogP contribution in [0.5, 0.6) is 0 Å². The third-order valence-corrected chi connectivity index (χ3v) is 6.10. The molecular formula is C20H30Cl2N6O. The van der Waals surface area contributed by atoms with E-state index in [1.807, 2.05) is 25.1 Å². The quantitative estimate of drug-likeness (QED) is 0.752. The second-order valence-electron chi connectivity index (χ2n) is 7.68. The van der Waals surface area contributed by atoms with Crippen LogP contribution in [0.15, 0.2) is 28.2 Å². The smallest absolute Gasteiger partial charge is 0.222 e. The van der Waals surface area contributed by atoms with Gasteiger partial charge in [-0.25, -0.2) is 4.99 Å². The van der Waals surface area contributed by atoms with Gasteiger partial charge in [0.1, 0.15) is 0 Å². The SMILES string of the molecule is Cc1ccc(NC2N=C(N)N=C(N3CCOCC3)N2C2CCCCC2)cc1Cl.Cl. The first-order valence-electron chi connectivity index (χ1n) is 10.2. The summed E-state index contributed by atoms with van der Waals surface area (Å²) >= 11 is 6.34. The van der Waals surface area contributed by atoms with Crippen LogP contribution in [0.1, 0.15) is 37.7 Å². The van der Waals surface area contributed by atoms with Gasteiger partial charge in [0.2, 0.25) is 18.2 Å². The summed E-state index contributed by atoms with van der Waals surface area (Å²) < 4.78 is 5.54. The van der Waals surface area contributed by atoms with E-state index in [1.165, 1.54) is 19.3 Å². The maximum atomic E-state index is 6.34. The summed E-state index contributed by atoms with van der Waals surface area (Å²) in [7, 11) is 0. The van der Waals surface area contributed by atoms with E-state index in [0.29, 0.717) is 25.2 Å². The average molecular weight is 441 g/mol. The Labute approximate surface area is 183 Å². The molecule has 0 aromatic heterocycles. The summed E-state index contributed by atoms with van der Waals surface area (Å²) in [5.74, 6) is 1.22. The van der Waals surface area contributed by atoms with Crippen LogP contribution in [-0.4, -0.2) is 60.4 Å². The van der Waals surface area contributed by atoms with Crippen LogP contribution in [0.3, 0.4) is 0 Å². The zero-order chi connectivity index (χ0) is 19.5. The van der Waals surface area contributed by atoms with Crippen LogP contribution in [0.2, 0.25) is 5.02 Å². The van der Waals surface area contributed by atoms with Crippen LogP contribution in [0.25, 0.3) is 0 Å². The number of hydrogen-bond acceptors (Lipinski definition) is 7. The number of aryl methyl sites for hydroxylation is 1. The van der Waals surface area contributed by atoms with Crippen molar-refractivity contribution in [2.24, 2.45) is 15.7 Å². The van der Waals surface area contributed by atoms with Crippen LogP contribution >= 0.6 is 24.0 Å². The molecule has 2 heterocycles. The first kappa shape index (κ1) is 22.0. The number of nitrogens with two attached hydrogens (primary N) is 1. The lowest BCUT2D eigenvalue weighted by Gasteiger charge is -2.45. The molecule has 3 aliphatic rings. The normalized spacial score (nSPS) is 23.2. The van der Waals surface area contributed by atoms with Crippen molar-refractivity contribution in [3.63, 3.8) is 0 Å². The molecule has 9 heteroatoms. The van der Waals surface area contributed by atoms with E-state index in [2.05, 4.69) is 25.1 Å². The van der Waals surface area contributed by atoms with E-state index in [9.17, 15) is 0 Å². The van der Waals surface area contributed by atoms with Gasteiger partial charge in [0.15, 0.2) is 0 Å². The summed E-state index contributed by atoms with van der Waals surface area (Å²) in [6.07, 6.45) is 5.76. The zero-order valence-corrected chi connectivity index (χ0v) is 18.4. The van der Waals surface area contributed by atoms with Gasteiger partial charge in [-0.15, -0.1) is 12.4 Å². The summed E-state index contributed by atoms with van der Waals surface area (Å²) in [5, 5.41) is 4.27. The number of morpholine rings is 1. The molecule has 1 atom stereocenters. The first-order chi connectivity index (χ1) is 13.6. The molecule has 1 saturated heterocycles. The maximum absolute atomic E-state index is 6.34. The largest absolute Gasteiger partial charge is 0.378 e. The fourth-order valence-corrected chi connectivity index (χ4v) is 4.32. The average Bonchev–Trinajstić information content (AvgIpc) is 2.72. The van der Waals surface area contributed by atoms with Crippen molar-refractivity contribution < 1.29 is 4.74 Å². The molecule has 3 N–H and O–H groups in total. The van der Waals surface area contributed by atoms with Crippen molar-refractivity contribution in [1.29, 1.82) is 0 Å². The summed E-state index contributed by atoms with van der Waals surface area (Å²) in [4.78, 5) is 13.9. The van der Waals surface area contributed by atoms with Crippen molar-refractivity contribution in [2.45, 2.75) is 51.4 Å². The Morgan fingerprint density at radius 1 is 1.17 bits per heavy atom. The third-order valence-electron chi connectivity index (χ3n) is 5.69. The Morgan fingerprint density at radius 3 is 2.59 bits per heavy atom. The summed E-state index contributed by atoms with van der Waals surface area (Å²) in [6.45, 7) is 5.05. The Morgan fingerprint density at radius 2 is 1.90 bits per heavy atom. The van der Waals surface area contributed by atoms with E-state index in [0.717, 1.165) is 48.2 Å². The Hall–Kier alpha value is -1.70. The Balaban J connectivity index is 0.00000240. The predicted octanol–water partition coefficient (Wildman–Crippen LogP) is 3.42. The number of rotatable bonds is 3. The number of aliphatic imine (C=N–C) groups is 2. The fraction of sp³-hybridized carbons (Fsp3) is 0.600. The lowest BCUT2D eigenvalue weighted by molar-refractivity contribution is 0.0562. The summed E-state index contributed by atoms with van der Waals surface area (Å²) in [6, 6.07) is 6.39. The minimum absolute atomic E-state index is 0. The summed E-state index contributed by atoms with van der Waals surface area (Å²) in [5.41, 5.74) is 8.12. The molecule has 2 fully saturated rings. The van der Waals surface area contributed by atoms with Gasteiger partial charge in [0.05, 0.1) is 13.2 Å². The van der Waals surface area contributed by atoms with Crippen molar-refractivity contribution >= 4 is 41.6 Å². The molecule has 1 saturated carbocycles. The lowest BCUT2D eigenvalue weighted by atomic mass is 9.94. The number of halogens is 2. The maximum Gasteiger partial charge on any atom is 0.222 e. The van der Waals surface area contributed by atoms with Gasteiger partial charge in [-0.1, -0.05) is 36.9 Å². The molecule has 160 valence electrons. The standard InChI is InChI=1S/C20H29ClN6O.ClH/c1-14-7-8-15(13-17(14)21)23-19-24-18(22)25-20(26-9-11-28-12-10-26)27(19)16-5-3-2-4-6-16;/h7-8,13,16,19,23H,2-6,9-12H2,1H3,(H2,22,24);1H. The van der Waals surface area contributed by atoms with Crippen molar-refractivity contribution in [2.75, 3.05) is 31.6 Å². The lowest BCUT2D eigenvalue weighted by Crippen LogP contribution is -2.60. The van der Waals surface area contributed by atoms with Crippen LogP contribution in [-0.2, 0) is 4.74 Å². The highest BCUT2D eigenvalue weighted by atomic mass is 35.5. The number of benzene rings is 1. The molecule has 4 rings (SSSR count). The van der Waals surface area contributed by atoms with Gasteiger partial charge < -0.3 is 25.6 Å². The third kappa shape index (κ3) is 5.08. The zero-order valence-electron chi connectivity index (χ0n) is 16.8. The van der Waals surface area contributed by atoms with E-state index in [1.54, 1.807) is 0 Å².